The Morgan fingerprint density at radius 3 is 2.92 bits per heavy atom. The number of allylic oxidation sites excluding steroid dienone is 3. The van der Waals surface area contributed by atoms with Crippen LogP contribution in [0.1, 0.15) is 25.7 Å². The summed E-state index contributed by atoms with van der Waals surface area (Å²) in [7, 11) is 0. The fourth-order valence-electron chi connectivity index (χ4n) is 4.34. The second-order valence-corrected chi connectivity index (χ2v) is 6.99. The van der Waals surface area contributed by atoms with Crippen LogP contribution in [-0.4, -0.2) is 47.8 Å². The zero-order chi connectivity index (χ0) is 17.0. The average Bonchev–Trinajstić information content (AvgIpc) is 3.03. The van der Waals surface area contributed by atoms with Gasteiger partial charge in [0.15, 0.2) is 18.0 Å². The highest BCUT2D eigenvalue weighted by molar-refractivity contribution is 6.09. The van der Waals surface area contributed by atoms with Crippen LogP contribution in [-0.2, 0) is 9.53 Å². The lowest BCUT2D eigenvalue weighted by Gasteiger charge is -2.41. The highest BCUT2D eigenvalue weighted by atomic mass is 19.1. The molecule has 0 N–H and O–H groups in total. The Bertz CT molecular complexity index is 843. The molecule has 0 radical (unpaired) electrons. The third-order valence-corrected chi connectivity index (χ3v) is 5.50. The van der Waals surface area contributed by atoms with E-state index in [1.54, 1.807) is 0 Å². The van der Waals surface area contributed by atoms with Gasteiger partial charge in [0.1, 0.15) is 12.0 Å². The van der Waals surface area contributed by atoms with Crippen LogP contribution < -0.4 is 0 Å². The average molecular weight is 339 g/mol. The van der Waals surface area contributed by atoms with Crippen molar-refractivity contribution >= 4 is 18.0 Å². The first-order valence-electron chi connectivity index (χ1n) is 8.75. The summed E-state index contributed by atoms with van der Waals surface area (Å²) in [6, 6.07) is 0. The number of nitrogens with zero attached hydrogens (tertiary/aromatic N) is 3. The van der Waals surface area contributed by atoms with Crippen molar-refractivity contribution < 1.29 is 13.9 Å². The van der Waals surface area contributed by atoms with E-state index < -0.39 is 11.4 Å². The number of rotatable bonds is 1. The number of halogens is 1. The van der Waals surface area contributed by atoms with Gasteiger partial charge < -0.3 is 4.74 Å². The number of piperidine rings is 1. The van der Waals surface area contributed by atoms with Crippen LogP contribution in [0.3, 0.4) is 0 Å². The maximum Gasteiger partial charge on any atom is 0.222 e. The highest BCUT2D eigenvalue weighted by Crippen LogP contribution is 2.48. The zero-order valence-electron chi connectivity index (χ0n) is 13.7. The van der Waals surface area contributed by atoms with E-state index in [0.29, 0.717) is 17.0 Å². The van der Waals surface area contributed by atoms with Gasteiger partial charge in [0, 0.05) is 36.7 Å². The number of likely N-dealkylation sites (tertiary alicyclic amines) is 1. The second-order valence-electron chi connectivity index (χ2n) is 6.99. The molecule has 5 nitrogen and oxygen atoms in total. The maximum atomic E-state index is 14.7. The van der Waals surface area contributed by atoms with E-state index in [0.717, 1.165) is 24.7 Å². The molecular formula is C19H18FN3O2. The van der Waals surface area contributed by atoms with Crippen molar-refractivity contribution in [3.05, 3.63) is 46.9 Å². The molecule has 1 spiro atoms. The minimum absolute atomic E-state index is 0.0960. The summed E-state index contributed by atoms with van der Waals surface area (Å²) in [5.41, 5.74) is 0.755. The molecule has 5 aliphatic rings. The first-order valence-corrected chi connectivity index (χ1v) is 8.75. The number of carbonyl (C=O) groups is 1. The van der Waals surface area contributed by atoms with Crippen molar-refractivity contribution in [1.82, 2.24) is 4.90 Å². The SMILES string of the molecule is O=C1C=C(F)C2=C(C=CC3=CC(N4CCCCC4)N=C4N=COC342)C1. The Kier molecular flexibility index (Phi) is 3.19. The predicted octanol–water partition coefficient (Wildman–Crippen LogP) is 2.63. The molecule has 25 heavy (non-hydrogen) atoms. The molecule has 1 fully saturated rings. The molecule has 2 aliphatic carbocycles. The van der Waals surface area contributed by atoms with E-state index in [1.807, 2.05) is 18.2 Å². The van der Waals surface area contributed by atoms with Gasteiger partial charge in [0.05, 0.1) is 0 Å². The topological polar surface area (TPSA) is 54.3 Å². The molecule has 2 atom stereocenters. The van der Waals surface area contributed by atoms with E-state index in [-0.39, 0.29) is 18.4 Å². The van der Waals surface area contributed by atoms with Crippen LogP contribution >= 0.6 is 0 Å². The lowest BCUT2D eigenvalue weighted by atomic mass is 9.73. The van der Waals surface area contributed by atoms with E-state index in [2.05, 4.69) is 9.89 Å². The van der Waals surface area contributed by atoms with Crippen LogP contribution in [0.15, 0.2) is 56.8 Å². The molecule has 5 rings (SSSR count). The van der Waals surface area contributed by atoms with E-state index in [9.17, 15) is 9.18 Å². The van der Waals surface area contributed by atoms with Crippen LogP contribution in [0.5, 0.6) is 0 Å². The van der Waals surface area contributed by atoms with Gasteiger partial charge in [-0.1, -0.05) is 18.6 Å². The normalized spacial score (nSPS) is 33.9. The smallest absolute Gasteiger partial charge is 0.222 e. The molecular weight excluding hydrogens is 321 g/mol. The highest BCUT2D eigenvalue weighted by Gasteiger charge is 2.54. The minimum atomic E-state index is -1.13. The molecule has 2 unspecified atom stereocenters. The largest absolute Gasteiger partial charge is 0.459 e. The lowest BCUT2D eigenvalue weighted by molar-refractivity contribution is -0.114. The molecule has 0 aromatic rings. The number of carbonyl (C=O) groups excluding carboxylic acids is 1. The van der Waals surface area contributed by atoms with Gasteiger partial charge in [-0.25, -0.2) is 14.4 Å². The van der Waals surface area contributed by atoms with Crippen LogP contribution in [0.25, 0.3) is 0 Å². The second kappa shape index (κ2) is 5.33. The summed E-state index contributed by atoms with van der Waals surface area (Å²) >= 11 is 0. The summed E-state index contributed by atoms with van der Waals surface area (Å²) in [5.74, 6) is -0.296. The van der Waals surface area contributed by atoms with E-state index in [4.69, 9.17) is 9.73 Å². The van der Waals surface area contributed by atoms with Crippen LogP contribution in [0, 0.1) is 0 Å². The summed E-state index contributed by atoms with van der Waals surface area (Å²) in [6.07, 6.45) is 11.9. The quantitative estimate of drug-likeness (QED) is 0.738. The molecule has 6 heteroatoms. The Labute approximate surface area is 145 Å². The Hall–Kier alpha value is -2.34. The Morgan fingerprint density at radius 1 is 1.24 bits per heavy atom. The summed E-state index contributed by atoms with van der Waals surface area (Å²) in [4.78, 5) is 23.2. The van der Waals surface area contributed by atoms with Gasteiger partial charge in [0.25, 0.3) is 0 Å². The molecule has 0 aromatic heterocycles. The van der Waals surface area contributed by atoms with Gasteiger partial charge in [-0.05, 0) is 24.5 Å². The number of dihydropyridines is 1. The maximum absolute atomic E-state index is 14.7. The van der Waals surface area contributed by atoms with Crippen LogP contribution in [0.4, 0.5) is 4.39 Å². The number of ether oxygens (including phenoxy) is 1. The van der Waals surface area contributed by atoms with Gasteiger partial charge >= 0.3 is 0 Å². The van der Waals surface area contributed by atoms with Crippen LogP contribution in [0.2, 0.25) is 0 Å². The third kappa shape index (κ3) is 2.07. The fourth-order valence-corrected chi connectivity index (χ4v) is 4.34. The van der Waals surface area contributed by atoms with Gasteiger partial charge in [0.2, 0.25) is 5.60 Å². The Balaban J connectivity index is 1.61. The number of hydrogen-bond acceptors (Lipinski definition) is 5. The monoisotopic (exact) mass is 339 g/mol. The number of ketones is 1. The van der Waals surface area contributed by atoms with Crippen molar-refractivity contribution in [2.45, 2.75) is 37.5 Å². The molecule has 3 heterocycles. The molecule has 128 valence electrons. The molecule has 0 bridgehead atoms. The molecule has 1 saturated heterocycles. The molecule has 0 amide bonds. The van der Waals surface area contributed by atoms with Gasteiger partial charge in [-0.2, -0.15) is 0 Å². The number of amidine groups is 1. The van der Waals surface area contributed by atoms with Gasteiger partial charge in [-0.15, -0.1) is 0 Å². The zero-order valence-corrected chi connectivity index (χ0v) is 13.7. The van der Waals surface area contributed by atoms with Crippen molar-refractivity contribution in [3.8, 4) is 0 Å². The molecule has 0 saturated carbocycles. The first-order chi connectivity index (χ1) is 12.2. The lowest BCUT2D eigenvalue weighted by Crippen LogP contribution is -2.49. The fraction of sp³-hybridized carbons (Fsp3) is 0.421. The van der Waals surface area contributed by atoms with E-state index in [1.165, 1.54) is 25.7 Å². The number of aliphatic imine (C=N–C) groups is 2. The Morgan fingerprint density at radius 2 is 2.08 bits per heavy atom. The minimum Gasteiger partial charge on any atom is -0.459 e. The first kappa shape index (κ1) is 15.0. The summed E-state index contributed by atoms with van der Waals surface area (Å²) in [6.45, 7) is 2.01. The van der Waals surface area contributed by atoms with Crippen molar-refractivity contribution in [2.75, 3.05) is 13.1 Å². The number of hydrogen-bond donors (Lipinski definition) is 0. The third-order valence-electron chi connectivity index (χ3n) is 5.50. The van der Waals surface area contributed by atoms with E-state index >= 15 is 0 Å². The predicted molar refractivity (Wildman–Crippen MR) is 92.0 cm³/mol. The molecule has 0 aromatic carbocycles. The van der Waals surface area contributed by atoms with Crippen molar-refractivity contribution in [1.29, 1.82) is 0 Å². The standard InChI is InChI=1S/C19H18FN3O2/c20-15-10-14(24)8-12-4-5-13-9-16(23-6-2-1-3-7-23)22-18-19(13,17(12)15)25-11-21-18/h4-5,9-11,16H,1-3,6-8H2. The summed E-state index contributed by atoms with van der Waals surface area (Å²) in [5, 5.41) is 0. The summed E-state index contributed by atoms with van der Waals surface area (Å²) < 4.78 is 20.6. The van der Waals surface area contributed by atoms with Gasteiger partial charge in [-0.3, -0.25) is 9.69 Å². The molecule has 3 aliphatic heterocycles. The van der Waals surface area contributed by atoms with Crippen molar-refractivity contribution in [2.24, 2.45) is 9.98 Å². The van der Waals surface area contributed by atoms with Crippen molar-refractivity contribution in [3.63, 3.8) is 0 Å².